The monoisotopic (exact) mass is 383 g/mol. The Balaban J connectivity index is 1.94. The fourth-order valence-corrected chi connectivity index (χ4v) is 2.46. The predicted octanol–water partition coefficient (Wildman–Crippen LogP) is 3.99. The lowest BCUT2D eigenvalue weighted by atomic mass is 10.2. The van der Waals surface area contributed by atoms with Crippen LogP contribution in [0.3, 0.4) is 0 Å². The zero-order valence-electron chi connectivity index (χ0n) is 16.5. The standard InChI is InChI=1S/C22H25NO5/c1-5-27-19-11-9-17(14-20(19)26-4)10-12-21(24)28-16(3)22(25)23-18-8-6-7-15(2)13-18/h6-14,16H,5H2,1-4H3,(H,23,25)/b12-10+/t16-/m1/s1. The summed E-state index contributed by atoms with van der Waals surface area (Å²) in [5.74, 6) is 0.198. The van der Waals surface area contributed by atoms with Gasteiger partial charge in [-0.3, -0.25) is 4.79 Å². The molecule has 1 atom stereocenters. The lowest BCUT2D eigenvalue weighted by molar-refractivity contribution is -0.148. The van der Waals surface area contributed by atoms with Crippen LogP contribution in [-0.2, 0) is 14.3 Å². The van der Waals surface area contributed by atoms with Crippen molar-refractivity contribution < 1.29 is 23.8 Å². The molecule has 0 fully saturated rings. The third-order valence-electron chi connectivity index (χ3n) is 3.85. The summed E-state index contributed by atoms with van der Waals surface area (Å²) in [6.45, 7) is 5.87. The first-order chi connectivity index (χ1) is 13.4. The lowest BCUT2D eigenvalue weighted by Crippen LogP contribution is -2.29. The van der Waals surface area contributed by atoms with Gasteiger partial charge >= 0.3 is 5.97 Å². The molecule has 0 heterocycles. The number of carbonyl (C=O) groups excluding carboxylic acids is 2. The average Bonchev–Trinajstić information content (AvgIpc) is 2.67. The van der Waals surface area contributed by atoms with E-state index < -0.39 is 18.0 Å². The maximum atomic E-state index is 12.2. The van der Waals surface area contributed by atoms with Crippen molar-refractivity contribution in [3.8, 4) is 11.5 Å². The summed E-state index contributed by atoms with van der Waals surface area (Å²) in [4.78, 5) is 24.2. The third kappa shape index (κ3) is 6.16. The van der Waals surface area contributed by atoms with Crippen LogP contribution in [-0.4, -0.2) is 31.7 Å². The van der Waals surface area contributed by atoms with Crippen LogP contribution < -0.4 is 14.8 Å². The van der Waals surface area contributed by atoms with Crippen LogP contribution in [0.5, 0.6) is 11.5 Å². The highest BCUT2D eigenvalue weighted by Crippen LogP contribution is 2.28. The quantitative estimate of drug-likeness (QED) is 0.551. The Kier molecular flexibility index (Phi) is 7.63. The molecule has 28 heavy (non-hydrogen) atoms. The second-order valence-corrected chi connectivity index (χ2v) is 6.11. The molecule has 148 valence electrons. The van der Waals surface area contributed by atoms with Crippen molar-refractivity contribution in [3.63, 3.8) is 0 Å². The van der Waals surface area contributed by atoms with Crippen LogP contribution in [0.2, 0.25) is 0 Å². The molecule has 0 spiro atoms. The molecule has 0 saturated carbocycles. The molecule has 6 heteroatoms. The van der Waals surface area contributed by atoms with Crippen LogP contribution in [0.15, 0.2) is 48.5 Å². The molecule has 0 unspecified atom stereocenters. The molecule has 2 rings (SSSR count). The molecule has 0 aliphatic heterocycles. The number of hydrogen-bond donors (Lipinski definition) is 1. The van der Waals surface area contributed by atoms with E-state index in [1.54, 1.807) is 37.5 Å². The predicted molar refractivity (Wildman–Crippen MR) is 109 cm³/mol. The Morgan fingerprint density at radius 1 is 1.14 bits per heavy atom. The minimum absolute atomic E-state index is 0.393. The molecule has 0 aliphatic carbocycles. The van der Waals surface area contributed by atoms with Gasteiger partial charge in [0.15, 0.2) is 17.6 Å². The highest BCUT2D eigenvalue weighted by atomic mass is 16.5. The van der Waals surface area contributed by atoms with E-state index in [1.165, 1.54) is 13.0 Å². The fourth-order valence-electron chi connectivity index (χ4n) is 2.46. The lowest BCUT2D eigenvalue weighted by Gasteiger charge is -2.12. The van der Waals surface area contributed by atoms with Gasteiger partial charge in [0, 0.05) is 11.8 Å². The van der Waals surface area contributed by atoms with E-state index in [1.807, 2.05) is 32.0 Å². The normalized spacial score (nSPS) is 11.7. The number of hydrogen-bond acceptors (Lipinski definition) is 5. The molecule has 0 aliphatic rings. The van der Waals surface area contributed by atoms with Crippen LogP contribution in [0.1, 0.15) is 25.0 Å². The minimum atomic E-state index is -0.924. The zero-order chi connectivity index (χ0) is 20.5. The molecular formula is C22H25NO5. The highest BCUT2D eigenvalue weighted by molar-refractivity contribution is 5.96. The summed E-state index contributed by atoms with van der Waals surface area (Å²) >= 11 is 0. The summed E-state index contributed by atoms with van der Waals surface area (Å²) in [6.07, 6.45) is 1.93. The molecule has 0 aromatic heterocycles. The molecule has 1 amide bonds. The average molecular weight is 383 g/mol. The number of aryl methyl sites for hydroxylation is 1. The van der Waals surface area contributed by atoms with Crippen LogP contribution in [0.4, 0.5) is 5.69 Å². The molecule has 0 bridgehead atoms. The first-order valence-corrected chi connectivity index (χ1v) is 9.00. The van der Waals surface area contributed by atoms with Crippen molar-refractivity contribution in [1.82, 2.24) is 0 Å². The topological polar surface area (TPSA) is 73.9 Å². The number of rotatable bonds is 8. The van der Waals surface area contributed by atoms with Crippen molar-refractivity contribution in [2.45, 2.75) is 26.9 Å². The largest absolute Gasteiger partial charge is 0.493 e. The van der Waals surface area contributed by atoms with Gasteiger partial charge in [-0.25, -0.2) is 4.79 Å². The molecule has 1 N–H and O–H groups in total. The van der Waals surface area contributed by atoms with Crippen molar-refractivity contribution in [2.75, 3.05) is 19.0 Å². The second kappa shape index (κ2) is 10.2. The third-order valence-corrected chi connectivity index (χ3v) is 3.85. The van der Waals surface area contributed by atoms with Gasteiger partial charge in [0.1, 0.15) is 0 Å². The number of methoxy groups -OCH3 is 1. The maximum absolute atomic E-state index is 12.2. The van der Waals surface area contributed by atoms with Gasteiger partial charge in [-0.15, -0.1) is 0 Å². The second-order valence-electron chi connectivity index (χ2n) is 6.11. The van der Waals surface area contributed by atoms with Crippen LogP contribution >= 0.6 is 0 Å². The Hall–Kier alpha value is -3.28. The van der Waals surface area contributed by atoms with E-state index in [4.69, 9.17) is 14.2 Å². The van der Waals surface area contributed by atoms with Gasteiger partial charge in [0.05, 0.1) is 13.7 Å². The smallest absolute Gasteiger partial charge is 0.331 e. The number of anilines is 1. The summed E-state index contributed by atoms with van der Waals surface area (Å²) < 4.78 is 15.9. The highest BCUT2D eigenvalue weighted by Gasteiger charge is 2.16. The van der Waals surface area contributed by atoms with Gasteiger partial charge in [0.25, 0.3) is 5.91 Å². The van der Waals surface area contributed by atoms with E-state index in [0.29, 0.717) is 23.8 Å². The molecule has 0 radical (unpaired) electrons. The van der Waals surface area contributed by atoms with E-state index in [-0.39, 0.29) is 0 Å². The van der Waals surface area contributed by atoms with Gasteiger partial charge in [0.2, 0.25) is 0 Å². The molecule has 0 saturated heterocycles. The first-order valence-electron chi connectivity index (χ1n) is 9.00. The Morgan fingerprint density at radius 3 is 2.61 bits per heavy atom. The van der Waals surface area contributed by atoms with Crippen molar-refractivity contribution >= 4 is 23.6 Å². The molecule has 6 nitrogen and oxygen atoms in total. The summed E-state index contributed by atoms with van der Waals surface area (Å²) in [6, 6.07) is 12.7. The zero-order valence-corrected chi connectivity index (χ0v) is 16.5. The van der Waals surface area contributed by atoms with Gasteiger partial charge in [-0.2, -0.15) is 0 Å². The van der Waals surface area contributed by atoms with E-state index in [0.717, 1.165) is 11.1 Å². The van der Waals surface area contributed by atoms with E-state index in [2.05, 4.69) is 5.32 Å². The van der Waals surface area contributed by atoms with E-state index >= 15 is 0 Å². The number of esters is 1. The van der Waals surface area contributed by atoms with Gasteiger partial charge in [-0.05, 0) is 62.2 Å². The summed E-state index contributed by atoms with van der Waals surface area (Å²) in [7, 11) is 1.55. The number of benzene rings is 2. The Morgan fingerprint density at radius 2 is 1.93 bits per heavy atom. The molecule has 2 aromatic rings. The summed E-state index contributed by atoms with van der Waals surface area (Å²) in [5.41, 5.74) is 2.43. The van der Waals surface area contributed by atoms with E-state index in [9.17, 15) is 9.59 Å². The van der Waals surface area contributed by atoms with Crippen LogP contribution in [0, 0.1) is 6.92 Å². The van der Waals surface area contributed by atoms with Gasteiger partial charge < -0.3 is 19.5 Å². The Bertz CT molecular complexity index is 860. The molecular weight excluding hydrogens is 358 g/mol. The SMILES string of the molecule is CCOc1ccc(/C=C/C(=O)O[C@H](C)C(=O)Nc2cccc(C)c2)cc1OC. The summed E-state index contributed by atoms with van der Waals surface area (Å²) in [5, 5.41) is 2.72. The van der Waals surface area contributed by atoms with Crippen molar-refractivity contribution in [2.24, 2.45) is 0 Å². The molecule has 2 aromatic carbocycles. The fraction of sp³-hybridized carbons (Fsp3) is 0.273. The number of amides is 1. The number of ether oxygens (including phenoxy) is 3. The number of carbonyl (C=O) groups is 2. The first kappa shape index (κ1) is 21.0. The Labute approximate surface area is 165 Å². The number of nitrogens with one attached hydrogen (secondary N) is 1. The van der Waals surface area contributed by atoms with Crippen molar-refractivity contribution in [3.05, 3.63) is 59.7 Å². The maximum Gasteiger partial charge on any atom is 0.331 e. The van der Waals surface area contributed by atoms with Crippen molar-refractivity contribution in [1.29, 1.82) is 0 Å². The minimum Gasteiger partial charge on any atom is -0.493 e. The van der Waals surface area contributed by atoms with Crippen LogP contribution in [0.25, 0.3) is 6.08 Å². The van der Waals surface area contributed by atoms with Gasteiger partial charge in [-0.1, -0.05) is 18.2 Å².